The molecule has 4 nitrogen and oxygen atoms in total. The van der Waals surface area contributed by atoms with Gasteiger partial charge in [-0.25, -0.2) is 13.1 Å². The van der Waals surface area contributed by atoms with Crippen molar-refractivity contribution >= 4 is 32.7 Å². The van der Waals surface area contributed by atoms with Crippen LogP contribution in [0.25, 0.3) is 0 Å². The molecule has 7 heteroatoms. The van der Waals surface area contributed by atoms with E-state index in [4.69, 9.17) is 0 Å². The van der Waals surface area contributed by atoms with Gasteiger partial charge in [0.05, 0.1) is 4.90 Å². The average molecular weight is 331 g/mol. The maximum Gasteiger partial charge on any atom is 0.242 e. The van der Waals surface area contributed by atoms with Crippen LogP contribution < -0.4 is 10.0 Å². The number of nitrogens with one attached hydrogen (secondary N) is 2. The highest BCUT2D eigenvalue weighted by molar-refractivity contribution is 7.89. The zero-order valence-corrected chi connectivity index (χ0v) is 13.9. The quantitative estimate of drug-likeness (QED) is 0.821. The molecule has 2 aromatic rings. The third-order valence-electron chi connectivity index (χ3n) is 2.78. The third-order valence-corrected chi connectivity index (χ3v) is 6.36. The summed E-state index contributed by atoms with van der Waals surface area (Å²) in [6.45, 7) is 5.80. The average Bonchev–Trinajstić information content (AvgIpc) is 3.03. The molecule has 0 radical (unpaired) electrons. The normalized spacial score (nSPS) is 11.9. The Labute approximate surface area is 127 Å². The predicted molar refractivity (Wildman–Crippen MR) is 84.8 cm³/mol. The molecule has 110 valence electrons. The van der Waals surface area contributed by atoms with Crippen LogP contribution in [0, 0.1) is 6.92 Å². The van der Waals surface area contributed by atoms with Gasteiger partial charge in [-0.2, -0.15) is 0 Å². The van der Waals surface area contributed by atoms with Gasteiger partial charge < -0.3 is 5.32 Å². The molecule has 0 aliphatic carbocycles. The topological polar surface area (TPSA) is 58.2 Å². The van der Waals surface area contributed by atoms with Crippen LogP contribution in [0.4, 0.5) is 0 Å². The van der Waals surface area contributed by atoms with Gasteiger partial charge in [-0.3, -0.25) is 0 Å². The van der Waals surface area contributed by atoms with Gasteiger partial charge in [0, 0.05) is 27.7 Å². The Morgan fingerprint density at radius 3 is 2.70 bits per heavy atom. The lowest BCUT2D eigenvalue weighted by molar-refractivity contribution is 0.581. The van der Waals surface area contributed by atoms with Crippen molar-refractivity contribution in [3.05, 3.63) is 38.2 Å². The summed E-state index contributed by atoms with van der Waals surface area (Å²) in [5.74, 6) is 0. The molecule has 0 aliphatic heterocycles. The van der Waals surface area contributed by atoms with Gasteiger partial charge in [-0.15, -0.1) is 22.7 Å². The lowest BCUT2D eigenvalue weighted by Crippen LogP contribution is -2.23. The molecular formula is C13H18N2O2S3. The van der Waals surface area contributed by atoms with Crippen molar-refractivity contribution in [3.8, 4) is 0 Å². The Morgan fingerprint density at radius 1 is 1.25 bits per heavy atom. The molecule has 2 N–H and O–H groups in total. The molecule has 20 heavy (non-hydrogen) atoms. The van der Waals surface area contributed by atoms with Crippen molar-refractivity contribution in [2.24, 2.45) is 0 Å². The molecule has 2 heterocycles. The van der Waals surface area contributed by atoms with Gasteiger partial charge in [0.2, 0.25) is 10.0 Å². The van der Waals surface area contributed by atoms with Crippen molar-refractivity contribution in [2.75, 3.05) is 6.54 Å². The molecule has 0 saturated carbocycles. The van der Waals surface area contributed by atoms with Crippen molar-refractivity contribution in [1.82, 2.24) is 10.0 Å². The molecule has 2 aromatic heterocycles. The van der Waals surface area contributed by atoms with Crippen molar-refractivity contribution < 1.29 is 8.42 Å². The molecule has 2 rings (SSSR count). The van der Waals surface area contributed by atoms with E-state index in [0.29, 0.717) is 18.0 Å². The number of thiophene rings is 2. The summed E-state index contributed by atoms with van der Waals surface area (Å²) in [6.07, 6.45) is 0. The number of hydrogen-bond acceptors (Lipinski definition) is 5. The molecule has 0 spiro atoms. The number of aryl methyl sites for hydroxylation is 1. The minimum Gasteiger partial charge on any atom is -0.312 e. The van der Waals surface area contributed by atoms with Crippen molar-refractivity contribution in [3.63, 3.8) is 0 Å². The molecule has 0 atom stereocenters. The largest absolute Gasteiger partial charge is 0.312 e. The summed E-state index contributed by atoms with van der Waals surface area (Å²) >= 11 is 3.07. The van der Waals surface area contributed by atoms with E-state index in [1.165, 1.54) is 11.3 Å². The minimum atomic E-state index is -3.43. The van der Waals surface area contributed by atoms with Crippen LogP contribution in [0.2, 0.25) is 0 Å². The van der Waals surface area contributed by atoms with E-state index in [1.807, 2.05) is 31.4 Å². The molecule has 0 amide bonds. The van der Waals surface area contributed by atoms with Crippen LogP contribution in [-0.4, -0.2) is 15.0 Å². The zero-order chi connectivity index (χ0) is 14.6. The Morgan fingerprint density at radius 2 is 2.05 bits per heavy atom. The van der Waals surface area contributed by atoms with Crippen LogP contribution in [0.1, 0.15) is 21.6 Å². The van der Waals surface area contributed by atoms with Crippen LogP contribution in [0.5, 0.6) is 0 Å². The predicted octanol–water partition coefficient (Wildman–Crippen LogP) is 2.71. The van der Waals surface area contributed by atoms with Crippen molar-refractivity contribution in [1.29, 1.82) is 0 Å². The summed E-state index contributed by atoms with van der Waals surface area (Å²) in [5.41, 5.74) is 0. The molecule has 0 bridgehead atoms. The monoisotopic (exact) mass is 330 g/mol. The van der Waals surface area contributed by atoms with Crippen LogP contribution >= 0.6 is 22.7 Å². The Bertz CT molecular complexity index is 645. The maximum atomic E-state index is 12.3. The number of hydrogen-bond donors (Lipinski definition) is 2. The first-order valence-electron chi connectivity index (χ1n) is 6.35. The SMILES string of the molecule is CCNCc1cc(S(=O)(=O)NCc2cccs2)c(C)s1. The second-order valence-corrected chi connectivity index (χ2v) is 8.43. The maximum absolute atomic E-state index is 12.3. The lowest BCUT2D eigenvalue weighted by atomic mass is 10.4. The first kappa shape index (κ1) is 15.7. The summed E-state index contributed by atoms with van der Waals surface area (Å²) < 4.78 is 27.3. The number of rotatable bonds is 7. The fourth-order valence-electron chi connectivity index (χ4n) is 1.78. The molecular weight excluding hydrogens is 312 g/mol. The van der Waals surface area contributed by atoms with E-state index < -0.39 is 10.0 Å². The van der Waals surface area contributed by atoms with Crippen molar-refractivity contribution in [2.45, 2.75) is 31.8 Å². The summed E-state index contributed by atoms with van der Waals surface area (Å²) in [7, 11) is -3.43. The van der Waals surface area contributed by atoms with E-state index in [1.54, 1.807) is 17.4 Å². The highest BCUT2D eigenvalue weighted by atomic mass is 32.2. The number of sulfonamides is 1. The lowest BCUT2D eigenvalue weighted by Gasteiger charge is -2.04. The van der Waals surface area contributed by atoms with Crippen LogP contribution in [0.15, 0.2) is 28.5 Å². The van der Waals surface area contributed by atoms with E-state index in [-0.39, 0.29) is 0 Å². The first-order valence-corrected chi connectivity index (χ1v) is 9.53. The molecule has 0 unspecified atom stereocenters. The van der Waals surface area contributed by atoms with Gasteiger partial charge in [-0.1, -0.05) is 13.0 Å². The van der Waals surface area contributed by atoms with Gasteiger partial charge >= 0.3 is 0 Å². The van der Waals surface area contributed by atoms with E-state index >= 15 is 0 Å². The summed E-state index contributed by atoms with van der Waals surface area (Å²) in [5, 5.41) is 5.15. The smallest absolute Gasteiger partial charge is 0.242 e. The third kappa shape index (κ3) is 3.89. The summed E-state index contributed by atoms with van der Waals surface area (Å²) in [4.78, 5) is 3.28. The second-order valence-electron chi connectivity index (χ2n) is 4.32. The Hall–Kier alpha value is -0.730. The Balaban J connectivity index is 2.10. The van der Waals surface area contributed by atoms with Gasteiger partial charge in [0.25, 0.3) is 0 Å². The van der Waals surface area contributed by atoms with Gasteiger partial charge in [-0.05, 0) is 31.0 Å². The standard InChI is InChI=1S/C13H18N2O2S3/c1-3-14-8-12-7-13(10(2)19-12)20(16,17)15-9-11-5-4-6-18-11/h4-7,14-15H,3,8-9H2,1-2H3. The van der Waals surface area contributed by atoms with E-state index in [2.05, 4.69) is 10.0 Å². The second kappa shape index (κ2) is 6.82. The van der Waals surface area contributed by atoms with Gasteiger partial charge in [0.1, 0.15) is 0 Å². The summed E-state index contributed by atoms with van der Waals surface area (Å²) in [6, 6.07) is 5.60. The minimum absolute atomic E-state index is 0.345. The molecule has 0 saturated heterocycles. The zero-order valence-electron chi connectivity index (χ0n) is 11.5. The van der Waals surface area contributed by atoms with Crippen LogP contribution in [-0.2, 0) is 23.1 Å². The van der Waals surface area contributed by atoms with E-state index in [0.717, 1.165) is 21.2 Å². The molecule has 0 fully saturated rings. The highest BCUT2D eigenvalue weighted by Gasteiger charge is 2.19. The van der Waals surface area contributed by atoms with E-state index in [9.17, 15) is 8.42 Å². The van der Waals surface area contributed by atoms with Crippen LogP contribution in [0.3, 0.4) is 0 Å². The fourth-order valence-corrected chi connectivity index (χ4v) is 5.13. The molecule has 0 aliphatic rings. The molecule has 0 aromatic carbocycles. The highest BCUT2D eigenvalue weighted by Crippen LogP contribution is 2.25. The Kier molecular flexibility index (Phi) is 5.34. The first-order chi connectivity index (χ1) is 9.53. The van der Waals surface area contributed by atoms with Gasteiger partial charge in [0.15, 0.2) is 0 Å². The fraction of sp³-hybridized carbons (Fsp3) is 0.385.